The minimum Gasteiger partial charge on any atom is -0.508 e. The Morgan fingerprint density at radius 1 is 1.07 bits per heavy atom. The number of hydrogen-bond acceptors (Lipinski definition) is 5. The number of nitrogens with zero attached hydrogens (tertiary/aromatic N) is 1. The molecule has 7 heteroatoms. The van der Waals surface area contributed by atoms with Gasteiger partial charge in [-0.25, -0.2) is 10.4 Å². The van der Waals surface area contributed by atoms with Gasteiger partial charge in [0.2, 0.25) is 0 Å². The predicted molar refractivity (Wildman–Crippen MR) is 108 cm³/mol. The third-order valence-corrected chi connectivity index (χ3v) is 4.32. The Morgan fingerprint density at radius 2 is 1.75 bits per heavy atom. The minimum absolute atomic E-state index is 0.0206. The lowest BCUT2D eigenvalue weighted by atomic mass is 10.0. The zero-order valence-electron chi connectivity index (χ0n) is 16.3. The molecule has 1 atom stereocenters. The Hall–Kier alpha value is -2.90. The molecule has 0 aromatic heterocycles. The Labute approximate surface area is 165 Å². The van der Waals surface area contributed by atoms with Crippen LogP contribution in [0.4, 0.5) is 5.69 Å². The number of phenols is 1. The third kappa shape index (κ3) is 5.31. The van der Waals surface area contributed by atoms with Crippen molar-refractivity contribution in [1.29, 1.82) is 0 Å². The van der Waals surface area contributed by atoms with E-state index in [-0.39, 0.29) is 17.6 Å². The molecule has 0 saturated heterocycles. The second-order valence-electron chi connectivity index (χ2n) is 6.93. The van der Waals surface area contributed by atoms with Crippen LogP contribution in [-0.4, -0.2) is 34.8 Å². The first-order chi connectivity index (χ1) is 13.3. The number of aromatic hydroxyl groups is 1. The molecule has 0 unspecified atom stereocenters. The second kappa shape index (κ2) is 9.87. The van der Waals surface area contributed by atoms with Crippen molar-refractivity contribution in [3.05, 3.63) is 59.7 Å². The summed E-state index contributed by atoms with van der Waals surface area (Å²) in [6.45, 7) is 5.12. The molecule has 2 aromatic rings. The van der Waals surface area contributed by atoms with E-state index in [9.17, 15) is 19.8 Å². The zero-order chi connectivity index (χ0) is 20.7. The van der Waals surface area contributed by atoms with Crippen LogP contribution in [0.2, 0.25) is 0 Å². The lowest BCUT2D eigenvalue weighted by molar-refractivity contribution is -0.121. The molecule has 4 N–H and O–H groups in total. The van der Waals surface area contributed by atoms with Crippen molar-refractivity contribution in [3.63, 3.8) is 0 Å². The SMILES string of the molecule is Cc1c(O)cccc1C(=O)N[C@@H](CC(C)C)C(=O)N(NCO)c1ccccc1. The van der Waals surface area contributed by atoms with Crippen molar-refractivity contribution in [1.82, 2.24) is 10.7 Å². The number of aliphatic hydroxyl groups is 1. The lowest BCUT2D eigenvalue weighted by Gasteiger charge is -2.28. The normalized spacial score (nSPS) is 11.9. The summed E-state index contributed by atoms with van der Waals surface area (Å²) in [4.78, 5) is 25.9. The van der Waals surface area contributed by atoms with Crippen LogP contribution in [0.25, 0.3) is 0 Å². The predicted octanol–water partition coefficient (Wildman–Crippen LogP) is 2.33. The molecule has 0 heterocycles. The smallest absolute Gasteiger partial charge is 0.264 e. The first-order valence-electron chi connectivity index (χ1n) is 9.18. The number of amides is 2. The fourth-order valence-electron chi connectivity index (χ4n) is 2.90. The molecule has 0 spiro atoms. The highest BCUT2D eigenvalue weighted by Crippen LogP contribution is 2.20. The van der Waals surface area contributed by atoms with Gasteiger partial charge in [-0.3, -0.25) is 9.59 Å². The minimum atomic E-state index is -0.812. The number of aliphatic hydroxyl groups excluding tert-OH is 1. The molecular formula is C21H27N3O4. The highest BCUT2D eigenvalue weighted by atomic mass is 16.3. The van der Waals surface area contributed by atoms with Gasteiger partial charge in [0.05, 0.1) is 5.69 Å². The largest absolute Gasteiger partial charge is 0.508 e. The van der Waals surface area contributed by atoms with E-state index < -0.39 is 18.7 Å². The molecule has 0 aliphatic carbocycles. The summed E-state index contributed by atoms with van der Waals surface area (Å²) in [7, 11) is 0. The van der Waals surface area contributed by atoms with Gasteiger partial charge in [-0.1, -0.05) is 38.1 Å². The van der Waals surface area contributed by atoms with Crippen LogP contribution in [0.1, 0.15) is 36.2 Å². The average molecular weight is 385 g/mol. The summed E-state index contributed by atoms with van der Waals surface area (Å²) in [6.07, 6.45) is 0.416. The summed E-state index contributed by atoms with van der Waals surface area (Å²) in [5.41, 5.74) is 3.94. The van der Waals surface area contributed by atoms with Gasteiger partial charge < -0.3 is 15.5 Å². The summed E-state index contributed by atoms with van der Waals surface area (Å²) in [5, 5.41) is 23.2. The molecule has 0 radical (unpaired) electrons. The standard InChI is InChI=1S/C21H27N3O4/c1-14(2)12-18(23-20(27)17-10-7-11-19(26)15(17)3)21(28)24(22-13-25)16-8-5-4-6-9-16/h4-11,14,18,22,25-26H,12-13H2,1-3H3,(H,23,27)/t18-/m0/s1. The first kappa shape index (κ1) is 21.4. The van der Waals surface area contributed by atoms with Crippen LogP contribution in [-0.2, 0) is 4.79 Å². The number of hydrazine groups is 1. The van der Waals surface area contributed by atoms with Gasteiger partial charge in [-0.15, -0.1) is 0 Å². The average Bonchev–Trinajstić information content (AvgIpc) is 2.67. The molecule has 2 aromatic carbocycles. The monoisotopic (exact) mass is 385 g/mol. The Balaban J connectivity index is 2.29. The number of nitrogens with one attached hydrogen (secondary N) is 2. The van der Waals surface area contributed by atoms with Crippen molar-refractivity contribution in [3.8, 4) is 5.75 Å². The van der Waals surface area contributed by atoms with Crippen molar-refractivity contribution >= 4 is 17.5 Å². The van der Waals surface area contributed by atoms with Crippen LogP contribution in [0.3, 0.4) is 0 Å². The third-order valence-electron chi connectivity index (χ3n) is 4.32. The van der Waals surface area contributed by atoms with Crippen LogP contribution in [0, 0.1) is 12.8 Å². The van der Waals surface area contributed by atoms with Gasteiger partial charge in [0.25, 0.3) is 11.8 Å². The van der Waals surface area contributed by atoms with Crippen LogP contribution < -0.4 is 15.8 Å². The van der Waals surface area contributed by atoms with Crippen LogP contribution in [0.5, 0.6) is 5.75 Å². The molecule has 150 valence electrons. The van der Waals surface area contributed by atoms with E-state index in [1.165, 1.54) is 11.1 Å². The number of hydrogen-bond donors (Lipinski definition) is 4. The van der Waals surface area contributed by atoms with Crippen LogP contribution in [0.15, 0.2) is 48.5 Å². The number of para-hydroxylation sites is 1. The number of carbonyl (C=O) groups is 2. The van der Waals surface area contributed by atoms with Gasteiger partial charge in [-0.2, -0.15) is 0 Å². The zero-order valence-corrected chi connectivity index (χ0v) is 16.3. The molecule has 2 amide bonds. The molecule has 0 bridgehead atoms. The Morgan fingerprint density at radius 3 is 2.36 bits per heavy atom. The molecule has 0 saturated carbocycles. The fraction of sp³-hybridized carbons (Fsp3) is 0.333. The number of phenolic OH excluding ortho intramolecular Hbond substituents is 1. The van der Waals surface area contributed by atoms with Crippen molar-refractivity contribution in [2.75, 3.05) is 11.7 Å². The molecule has 2 rings (SSSR count). The lowest BCUT2D eigenvalue weighted by Crippen LogP contribution is -2.54. The van der Waals surface area contributed by atoms with Gasteiger partial charge >= 0.3 is 0 Å². The maximum absolute atomic E-state index is 13.2. The van der Waals surface area contributed by atoms with E-state index in [1.807, 2.05) is 19.9 Å². The maximum Gasteiger partial charge on any atom is 0.264 e. The summed E-state index contributed by atoms with van der Waals surface area (Å²) in [5.74, 6) is -0.664. The molecule has 0 aliphatic rings. The summed E-state index contributed by atoms with van der Waals surface area (Å²) in [6, 6.07) is 12.7. The summed E-state index contributed by atoms with van der Waals surface area (Å²) < 4.78 is 0. The molecule has 28 heavy (non-hydrogen) atoms. The molecular weight excluding hydrogens is 358 g/mol. The van der Waals surface area contributed by atoms with Crippen molar-refractivity contribution in [2.45, 2.75) is 33.2 Å². The van der Waals surface area contributed by atoms with Gasteiger partial charge in [0.15, 0.2) is 0 Å². The first-order valence-corrected chi connectivity index (χ1v) is 9.18. The quantitative estimate of drug-likeness (QED) is 0.413. The molecule has 0 aliphatic heterocycles. The highest BCUT2D eigenvalue weighted by Gasteiger charge is 2.28. The van der Waals surface area contributed by atoms with E-state index in [4.69, 9.17) is 0 Å². The van der Waals surface area contributed by atoms with Crippen molar-refractivity contribution in [2.24, 2.45) is 5.92 Å². The number of anilines is 1. The second-order valence-corrected chi connectivity index (χ2v) is 6.93. The van der Waals surface area contributed by atoms with E-state index in [0.29, 0.717) is 23.2 Å². The van der Waals surface area contributed by atoms with Gasteiger partial charge in [0.1, 0.15) is 18.5 Å². The van der Waals surface area contributed by atoms with E-state index in [1.54, 1.807) is 43.3 Å². The molecule has 0 fully saturated rings. The van der Waals surface area contributed by atoms with Crippen LogP contribution >= 0.6 is 0 Å². The maximum atomic E-state index is 13.2. The topological polar surface area (TPSA) is 102 Å². The number of benzene rings is 2. The fourth-order valence-corrected chi connectivity index (χ4v) is 2.90. The highest BCUT2D eigenvalue weighted by molar-refractivity contribution is 6.02. The van der Waals surface area contributed by atoms with Gasteiger partial charge in [0, 0.05) is 11.1 Å². The Kier molecular flexibility index (Phi) is 7.54. The Bertz CT molecular complexity index is 809. The van der Waals surface area contributed by atoms with E-state index >= 15 is 0 Å². The van der Waals surface area contributed by atoms with Crippen molar-refractivity contribution < 1.29 is 19.8 Å². The molecule has 7 nitrogen and oxygen atoms in total. The number of rotatable bonds is 8. The number of carbonyl (C=O) groups excluding carboxylic acids is 2. The summed E-state index contributed by atoms with van der Waals surface area (Å²) >= 11 is 0. The van der Waals surface area contributed by atoms with E-state index in [0.717, 1.165) is 0 Å². The van der Waals surface area contributed by atoms with E-state index in [2.05, 4.69) is 10.7 Å². The van der Waals surface area contributed by atoms with Gasteiger partial charge in [-0.05, 0) is 43.5 Å².